The number of carbonyl (C=O) groups excluding carboxylic acids is 3. The minimum atomic E-state index is -0.910. The van der Waals surface area contributed by atoms with Crippen LogP contribution in [0, 0.1) is 5.82 Å². The van der Waals surface area contributed by atoms with Gasteiger partial charge in [-0.15, -0.1) is 0 Å². The fraction of sp³-hybridized carbons (Fsp3) is 0.526. The third-order valence-electron chi connectivity index (χ3n) is 4.03. The SMILES string of the molecule is CCCCCC[C@H](NC(=O)[C@@H](Cc1cccc(F)c1)NC(C)=O)C(N)=O. The van der Waals surface area contributed by atoms with Crippen LogP contribution in [0.4, 0.5) is 4.39 Å². The van der Waals surface area contributed by atoms with Crippen molar-refractivity contribution in [2.24, 2.45) is 5.73 Å². The van der Waals surface area contributed by atoms with Crippen molar-refractivity contribution in [2.45, 2.75) is 64.5 Å². The molecule has 0 aliphatic heterocycles. The molecule has 0 unspecified atom stereocenters. The van der Waals surface area contributed by atoms with Gasteiger partial charge < -0.3 is 16.4 Å². The van der Waals surface area contributed by atoms with Gasteiger partial charge in [-0.2, -0.15) is 0 Å². The topological polar surface area (TPSA) is 101 Å². The Bertz CT molecular complexity index is 622. The van der Waals surface area contributed by atoms with Crippen LogP contribution in [0.15, 0.2) is 24.3 Å². The number of unbranched alkanes of at least 4 members (excludes halogenated alkanes) is 3. The van der Waals surface area contributed by atoms with Gasteiger partial charge in [-0.1, -0.05) is 44.7 Å². The highest BCUT2D eigenvalue weighted by atomic mass is 19.1. The molecule has 0 saturated heterocycles. The normalized spacial score (nSPS) is 12.9. The second kappa shape index (κ2) is 11.2. The molecule has 0 aromatic heterocycles. The molecule has 4 N–H and O–H groups in total. The number of nitrogens with two attached hydrogens (primary N) is 1. The zero-order valence-electron chi connectivity index (χ0n) is 15.4. The van der Waals surface area contributed by atoms with E-state index in [2.05, 4.69) is 17.6 Å². The van der Waals surface area contributed by atoms with Crippen LogP contribution in [-0.4, -0.2) is 29.8 Å². The molecule has 2 atom stereocenters. The van der Waals surface area contributed by atoms with Crippen LogP contribution in [-0.2, 0) is 20.8 Å². The summed E-state index contributed by atoms with van der Waals surface area (Å²) in [6, 6.07) is 4.11. The van der Waals surface area contributed by atoms with E-state index < -0.39 is 29.7 Å². The first-order valence-corrected chi connectivity index (χ1v) is 8.94. The minimum Gasteiger partial charge on any atom is -0.368 e. The van der Waals surface area contributed by atoms with Crippen LogP contribution in [0.25, 0.3) is 0 Å². The Morgan fingerprint density at radius 2 is 1.85 bits per heavy atom. The van der Waals surface area contributed by atoms with E-state index in [1.165, 1.54) is 25.1 Å². The smallest absolute Gasteiger partial charge is 0.243 e. The van der Waals surface area contributed by atoms with Gasteiger partial charge in [0.05, 0.1) is 0 Å². The Morgan fingerprint density at radius 1 is 1.12 bits per heavy atom. The van der Waals surface area contributed by atoms with Gasteiger partial charge in [0.25, 0.3) is 0 Å². The Hall–Kier alpha value is -2.44. The van der Waals surface area contributed by atoms with Gasteiger partial charge in [0.1, 0.15) is 17.9 Å². The molecule has 6 nitrogen and oxygen atoms in total. The van der Waals surface area contributed by atoms with Crippen molar-refractivity contribution < 1.29 is 18.8 Å². The van der Waals surface area contributed by atoms with Crippen molar-refractivity contribution in [1.82, 2.24) is 10.6 Å². The van der Waals surface area contributed by atoms with Gasteiger partial charge in [-0.05, 0) is 24.1 Å². The molecule has 0 saturated carbocycles. The lowest BCUT2D eigenvalue weighted by molar-refractivity contribution is -0.130. The highest BCUT2D eigenvalue weighted by Crippen LogP contribution is 2.09. The number of primary amides is 1. The minimum absolute atomic E-state index is 0.116. The molecule has 0 spiro atoms. The van der Waals surface area contributed by atoms with E-state index in [1.54, 1.807) is 6.07 Å². The van der Waals surface area contributed by atoms with Crippen molar-refractivity contribution in [3.63, 3.8) is 0 Å². The number of amides is 3. The maximum atomic E-state index is 13.4. The summed E-state index contributed by atoms with van der Waals surface area (Å²) < 4.78 is 13.4. The third-order valence-corrected chi connectivity index (χ3v) is 4.03. The summed E-state index contributed by atoms with van der Waals surface area (Å²) in [4.78, 5) is 35.6. The van der Waals surface area contributed by atoms with Crippen molar-refractivity contribution >= 4 is 17.7 Å². The zero-order chi connectivity index (χ0) is 19.5. The molecular weight excluding hydrogens is 337 g/mol. The summed E-state index contributed by atoms with van der Waals surface area (Å²) in [6.07, 6.45) is 4.41. The Balaban J connectivity index is 2.76. The second-order valence-electron chi connectivity index (χ2n) is 6.40. The highest BCUT2D eigenvalue weighted by molar-refractivity contribution is 5.91. The summed E-state index contributed by atoms with van der Waals surface area (Å²) in [7, 11) is 0. The molecule has 0 fully saturated rings. The summed E-state index contributed by atoms with van der Waals surface area (Å²) in [6.45, 7) is 3.37. The Labute approximate surface area is 153 Å². The molecule has 1 aromatic carbocycles. The molecule has 0 bridgehead atoms. The molecule has 1 rings (SSSR count). The van der Waals surface area contributed by atoms with Crippen molar-refractivity contribution in [3.8, 4) is 0 Å². The van der Waals surface area contributed by atoms with Crippen LogP contribution in [0.3, 0.4) is 0 Å². The maximum Gasteiger partial charge on any atom is 0.243 e. The van der Waals surface area contributed by atoms with Crippen LogP contribution < -0.4 is 16.4 Å². The van der Waals surface area contributed by atoms with Crippen LogP contribution in [0.2, 0.25) is 0 Å². The summed E-state index contributed by atoms with van der Waals surface area (Å²) >= 11 is 0. The van der Waals surface area contributed by atoms with E-state index in [0.29, 0.717) is 12.0 Å². The molecular formula is C19H28FN3O3. The maximum absolute atomic E-state index is 13.4. The monoisotopic (exact) mass is 365 g/mol. The standard InChI is InChI=1S/C19H28FN3O3/c1-3-4-5-6-10-16(18(21)25)23-19(26)17(22-13(2)24)12-14-8-7-9-15(20)11-14/h7-9,11,16-17H,3-6,10,12H2,1-2H3,(H2,21,25)(H,22,24)(H,23,26)/t16-,17+/m0/s1. The van der Waals surface area contributed by atoms with E-state index >= 15 is 0 Å². The molecule has 0 heterocycles. The molecule has 0 radical (unpaired) electrons. The number of nitrogens with one attached hydrogen (secondary N) is 2. The van der Waals surface area contributed by atoms with E-state index in [9.17, 15) is 18.8 Å². The fourth-order valence-electron chi connectivity index (χ4n) is 2.69. The number of benzene rings is 1. The first-order valence-electron chi connectivity index (χ1n) is 8.94. The Morgan fingerprint density at radius 3 is 2.42 bits per heavy atom. The first kappa shape index (κ1) is 21.6. The first-order chi connectivity index (χ1) is 12.3. The molecule has 0 aliphatic rings. The average Bonchev–Trinajstić information content (AvgIpc) is 2.56. The number of carbonyl (C=O) groups is 3. The highest BCUT2D eigenvalue weighted by Gasteiger charge is 2.25. The van der Waals surface area contributed by atoms with Gasteiger partial charge in [0, 0.05) is 13.3 Å². The predicted octanol–water partition coefficient (Wildman–Crippen LogP) is 1.81. The average molecular weight is 365 g/mol. The van der Waals surface area contributed by atoms with Gasteiger partial charge in [0.15, 0.2) is 0 Å². The van der Waals surface area contributed by atoms with Gasteiger partial charge in [-0.25, -0.2) is 4.39 Å². The number of halogens is 1. The van der Waals surface area contributed by atoms with Crippen LogP contribution in [0.1, 0.15) is 51.5 Å². The third kappa shape index (κ3) is 8.09. The van der Waals surface area contributed by atoms with Crippen molar-refractivity contribution in [2.75, 3.05) is 0 Å². The Kier molecular flexibility index (Phi) is 9.33. The van der Waals surface area contributed by atoms with Gasteiger partial charge in [0.2, 0.25) is 17.7 Å². The number of rotatable bonds is 11. The summed E-state index contributed by atoms with van der Waals surface area (Å²) in [5.74, 6) is -1.93. The predicted molar refractivity (Wildman–Crippen MR) is 97.6 cm³/mol. The number of hydrogen-bond donors (Lipinski definition) is 3. The lowest BCUT2D eigenvalue weighted by Crippen LogP contribution is -2.53. The van der Waals surface area contributed by atoms with Crippen molar-refractivity contribution in [3.05, 3.63) is 35.6 Å². The van der Waals surface area contributed by atoms with E-state index in [-0.39, 0.29) is 12.3 Å². The van der Waals surface area contributed by atoms with Gasteiger partial charge >= 0.3 is 0 Å². The summed E-state index contributed by atoms with van der Waals surface area (Å²) in [5.41, 5.74) is 5.95. The lowest BCUT2D eigenvalue weighted by atomic mass is 10.0. The molecule has 144 valence electrons. The molecule has 26 heavy (non-hydrogen) atoms. The summed E-state index contributed by atoms with van der Waals surface area (Å²) in [5, 5.41) is 5.15. The number of hydrogen-bond acceptors (Lipinski definition) is 3. The van der Waals surface area contributed by atoms with Gasteiger partial charge in [-0.3, -0.25) is 14.4 Å². The zero-order valence-corrected chi connectivity index (χ0v) is 15.4. The van der Waals surface area contributed by atoms with Crippen LogP contribution in [0.5, 0.6) is 0 Å². The van der Waals surface area contributed by atoms with Crippen LogP contribution >= 0.6 is 0 Å². The fourth-order valence-corrected chi connectivity index (χ4v) is 2.69. The van der Waals surface area contributed by atoms with E-state index in [4.69, 9.17) is 5.73 Å². The molecule has 7 heteroatoms. The molecule has 1 aromatic rings. The van der Waals surface area contributed by atoms with E-state index in [1.807, 2.05) is 0 Å². The molecule has 3 amide bonds. The second-order valence-corrected chi connectivity index (χ2v) is 6.40. The largest absolute Gasteiger partial charge is 0.368 e. The van der Waals surface area contributed by atoms with E-state index in [0.717, 1.165) is 25.7 Å². The lowest BCUT2D eigenvalue weighted by Gasteiger charge is -2.21. The molecule has 0 aliphatic carbocycles. The van der Waals surface area contributed by atoms with Crippen molar-refractivity contribution in [1.29, 1.82) is 0 Å². The quantitative estimate of drug-likeness (QED) is 0.521.